The van der Waals surface area contributed by atoms with Crippen LogP contribution in [0.25, 0.3) is 0 Å². The lowest BCUT2D eigenvalue weighted by molar-refractivity contribution is 0.0746. The molecule has 0 saturated carbocycles. The number of aryl methyl sites for hydroxylation is 1. The Morgan fingerprint density at radius 2 is 1.68 bits per heavy atom. The van der Waals surface area contributed by atoms with E-state index < -0.39 is 0 Å². The van der Waals surface area contributed by atoms with Crippen LogP contribution in [0.2, 0.25) is 5.02 Å². The molecule has 6 nitrogen and oxygen atoms in total. The molecule has 0 unspecified atom stereocenters. The Morgan fingerprint density at radius 3 is 2.41 bits per heavy atom. The van der Waals surface area contributed by atoms with E-state index in [1.807, 2.05) is 65.6 Å². The fourth-order valence-electron chi connectivity index (χ4n) is 4.13. The van der Waals surface area contributed by atoms with E-state index >= 15 is 0 Å². The van der Waals surface area contributed by atoms with Crippen LogP contribution in [-0.4, -0.2) is 51.2 Å². The van der Waals surface area contributed by atoms with Crippen molar-refractivity contribution in [3.8, 4) is 17.2 Å². The van der Waals surface area contributed by atoms with Gasteiger partial charge in [0, 0.05) is 54.1 Å². The standard InChI is InChI=1S/C27H29ClN2O4/c1-19-7-9-22(28)16-25(19)29-11-13-30(14-12-29)27(31)20-8-10-26(33-3)21(15-20)18-34-24-6-4-5-23(17-24)32-2/h4-10,15-17H,11-14,18H2,1-3H3. The van der Waals surface area contributed by atoms with E-state index in [1.54, 1.807) is 14.2 Å². The second-order valence-electron chi connectivity index (χ2n) is 8.20. The van der Waals surface area contributed by atoms with Crippen molar-refractivity contribution in [2.45, 2.75) is 13.5 Å². The molecule has 1 heterocycles. The molecule has 0 spiro atoms. The third-order valence-corrected chi connectivity index (χ3v) is 6.28. The Bertz CT molecular complexity index is 1160. The SMILES string of the molecule is COc1cccc(OCc2cc(C(=O)N3CCN(c4cc(Cl)ccc4C)CC3)ccc2OC)c1. The molecule has 1 aliphatic rings. The minimum atomic E-state index is 0.00718. The highest BCUT2D eigenvalue weighted by Crippen LogP contribution is 2.27. The molecule has 1 aliphatic heterocycles. The number of methoxy groups -OCH3 is 2. The quantitative estimate of drug-likeness (QED) is 0.465. The average molecular weight is 481 g/mol. The van der Waals surface area contributed by atoms with Gasteiger partial charge in [0.1, 0.15) is 23.9 Å². The number of carbonyl (C=O) groups excluding carboxylic acids is 1. The number of halogens is 1. The van der Waals surface area contributed by atoms with Gasteiger partial charge in [-0.05, 0) is 55.0 Å². The Hall–Kier alpha value is -3.38. The summed E-state index contributed by atoms with van der Waals surface area (Å²) in [5.41, 5.74) is 3.74. The molecule has 178 valence electrons. The van der Waals surface area contributed by atoms with Crippen LogP contribution in [0.5, 0.6) is 17.2 Å². The summed E-state index contributed by atoms with van der Waals surface area (Å²) in [7, 11) is 3.23. The van der Waals surface area contributed by atoms with Crippen molar-refractivity contribution in [1.29, 1.82) is 0 Å². The first-order valence-electron chi connectivity index (χ1n) is 11.2. The number of nitrogens with zero attached hydrogens (tertiary/aromatic N) is 2. The van der Waals surface area contributed by atoms with Crippen molar-refractivity contribution in [3.63, 3.8) is 0 Å². The van der Waals surface area contributed by atoms with E-state index in [0.717, 1.165) is 35.1 Å². The van der Waals surface area contributed by atoms with E-state index in [4.69, 9.17) is 25.8 Å². The monoisotopic (exact) mass is 480 g/mol. The molecular formula is C27H29ClN2O4. The number of carbonyl (C=O) groups is 1. The maximum absolute atomic E-state index is 13.3. The predicted octanol–water partition coefficient (Wildman–Crippen LogP) is 5.21. The third-order valence-electron chi connectivity index (χ3n) is 6.04. The Balaban J connectivity index is 1.43. The highest BCUT2D eigenvalue weighted by atomic mass is 35.5. The van der Waals surface area contributed by atoms with Crippen molar-refractivity contribution >= 4 is 23.2 Å². The Morgan fingerprint density at radius 1 is 0.912 bits per heavy atom. The first-order valence-corrected chi connectivity index (χ1v) is 11.6. The number of rotatable bonds is 7. The van der Waals surface area contributed by atoms with Crippen molar-refractivity contribution in [3.05, 3.63) is 82.4 Å². The predicted molar refractivity (Wildman–Crippen MR) is 135 cm³/mol. The first-order chi connectivity index (χ1) is 16.5. The topological polar surface area (TPSA) is 51.2 Å². The van der Waals surface area contributed by atoms with Gasteiger partial charge in [-0.15, -0.1) is 0 Å². The largest absolute Gasteiger partial charge is 0.497 e. The van der Waals surface area contributed by atoms with Crippen LogP contribution in [0.3, 0.4) is 0 Å². The molecule has 3 aromatic rings. The molecular weight excluding hydrogens is 452 g/mol. The summed E-state index contributed by atoms with van der Waals surface area (Å²) in [6, 6.07) is 18.8. The lowest BCUT2D eigenvalue weighted by Gasteiger charge is -2.37. The molecule has 4 rings (SSSR count). The summed E-state index contributed by atoms with van der Waals surface area (Å²) in [6.07, 6.45) is 0. The van der Waals surface area contributed by atoms with Crippen LogP contribution in [0, 0.1) is 6.92 Å². The maximum atomic E-state index is 13.3. The van der Waals surface area contributed by atoms with Gasteiger partial charge in [0.2, 0.25) is 0 Å². The van der Waals surface area contributed by atoms with E-state index in [9.17, 15) is 4.79 Å². The first kappa shape index (κ1) is 23.8. The van der Waals surface area contributed by atoms with Crippen molar-refractivity contribution < 1.29 is 19.0 Å². The zero-order valence-electron chi connectivity index (χ0n) is 19.7. The van der Waals surface area contributed by atoms with Crippen LogP contribution in [0.1, 0.15) is 21.5 Å². The molecule has 7 heteroatoms. The molecule has 1 amide bonds. The Kier molecular flexibility index (Phi) is 7.48. The van der Waals surface area contributed by atoms with E-state index in [1.165, 1.54) is 5.56 Å². The van der Waals surface area contributed by atoms with Crippen LogP contribution in [-0.2, 0) is 6.61 Å². The zero-order valence-corrected chi connectivity index (χ0v) is 20.5. The van der Waals surface area contributed by atoms with Gasteiger partial charge >= 0.3 is 0 Å². The normalized spacial score (nSPS) is 13.5. The molecule has 1 saturated heterocycles. The lowest BCUT2D eigenvalue weighted by Crippen LogP contribution is -2.49. The van der Waals surface area contributed by atoms with Crippen molar-refractivity contribution in [2.24, 2.45) is 0 Å². The second kappa shape index (κ2) is 10.7. The summed E-state index contributed by atoms with van der Waals surface area (Å²) >= 11 is 6.20. The maximum Gasteiger partial charge on any atom is 0.253 e. The molecule has 3 aromatic carbocycles. The summed E-state index contributed by atoms with van der Waals surface area (Å²) in [6.45, 7) is 5.16. The lowest BCUT2D eigenvalue weighted by atomic mass is 10.1. The van der Waals surface area contributed by atoms with Crippen LogP contribution >= 0.6 is 11.6 Å². The van der Waals surface area contributed by atoms with Gasteiger partial charge in [-0.25, -0.2) is 0 Å². The van der Waals surface area contributed by atoms with Crippen molar-refractivity contribution in [2.75, 3.05) is 45.3 Å². The van der Waals surface area contributed by atoms with E-state index in [2.05, 4.69) is 11.8 Å². The molecule has 1 fully saturated rings. The number of hydrogen-bond acceptors (Lipinski definition) is 5. The van der Waals surface area contributed by atoms with Gasteiger partial charge in [0.25, 0.3) is 5.91 Å². The molecule has 34 heavy (non-hydrogen) atoms. The Labute approximate surface area is 205 Å². The fraction of sp³-hybridized carbons (Fsp3) is 0.296. The number of amides is 1. The highest BCUT2D eigenvalue weighted by molar-refractivity contribution is 6.30. The van der Waals surface area contributed by atoms with Crippen LogP contribution in [0.15, 0.2) is 60.7 Å². The average Bonchev–Trinajstić information content (AvgIpc) is 2.88. The fourth-order valence-corrected chi connectivity index (χ4v) is 4.30. The number of ether oxygens (including phenoxy) is 3. The number of hydrogen-bond donors (Lipinski definition) is 0. The van der Waals surface area contributed by atoms with E-state index in [-0.39, 0.29) is 12.5 Å². The molecule has 0 aliphatic carbocycles. The van der Waals surface area contributed by atoms with Gasteiger partial charge in [-0.2, -0.15) is 0 Å². The molecule has 0 bridgehead atoms. The number of piperazine rings is 1. The zero-order chi connectivity index (χ0) is 24.1. The second-order valence-corrected chi connectivity index (χ2v) is 8.64. The number of anilines is 1. The summed E-state index contributed by atoms with van der Waals surface area (Å²) < 4.78 is 16.7. The molecule has 0 atom stereocenters. The van der Waals surface area contributed by atoms with E-state index in [0.29, 0.717) is 30.2 Å². The summed E-state index contributed by atoms with van der Waals surface area (Å²) in [5.74, 6) is 2.10. The minimum Gasteiger partial charge on any atom is -0.497 e. The minimum absolute atomic E-state index is 0.00718. The van der Waals surface area contributed by atoms with Crippen molar-refractivity contribution in [1.82, 2.24) is 4.90 Å². The van der Waals surface area contributed by atoms with Gasteiger partial charge < -0.3 is 24.0 Å². The van der Waals surface area contributed by atoms with Gasteiger partial charge in [0.05, 0.1) is 14.2 Å². The molecule has 0 radical (unpaired) electrons. The third kappa shape index (κ3) is 5.39. The molecule has 0 aromatic heterocycles. The van der Waals surface area contributed by atoms with Gasteiger partial charge in [0.15, 0.2) is 0 Å². The highest BCUT2D eigenvalue weighted by Gasteiger charge is 2.24. The van der Waals surface area contributed by atoms with Gasteiger partial charge in [-0.3, -0.25) is 4.79 Å². The van der Waals surface area contributed by atoms with Crippen LogP contribution in [0.4, 0.5) is 5.69 Å². The van der Waals surface area contributed by atoms with Gasteiger partial charge in [-0.1, -0.05) is 23.7 Å². The smallest absolute Gasteiger partial charge is 0.253 e. The number of benzene rings is 3. The molecule has 0 N–H and O–H groups in total. The summed E-state index contributed by atoms with van der Waals surface area (Å²) in [5, 5.41) is 0.723. The summed E-state index contributed by atoms with van der Waals surface area (Å²) in [4.78, 5) is 17.4. The van der Waals surface area contributed by atoms with Crippen LogP contribution < -0.4 is 19.1 Å².